The molecule has 1 atom stereocenters. The zero-order chi connectivity index (χ0) is 23.5. The van der Waals surface area contributed by atoms with Crippen LogP contribution in [-0.2, 0) is 30.4 Å². The molecule has 1 unspecified atom stereocenters. The molecule has 9 nitrogen and oxygen atoms in total. The molecule has 9 heteroatoms. The van der Waals surface area contributed by atoms with Gasteiger partial charge < -0.3 is 24.3 Å². The molecule has 0 saturated carbocycles. The molecule has 32 heavy (non-hydrogen) atoms. The highest BCUT2D eigenvalue weighted by molar-refractivity contribution is 6.00. The Hall–Kier alpha value is -3.88. The van der Waals surface area contributed by atoms with Gasteiger partial charge in [-0.1, -0.05) is 30.3 Å². The third kappa shape index (κ3) is 6.83. The molecule has 0 spiro atoms. The van der Waals surface area contributed by atoms with E-state index in [1.54, 1.807) is 36.4 Å². The van der Waals surface area contributed by atoms with Crippen LogP contribution in [0.1, 0.15) is 22.3 Å². The third-order valence-corrected chi connectivity index (χ3v) is 4.65. The normalized spacial score (nSPS) is 11.2. The highest BCUT2D eigenvalue weighted by Crippen LogP contribution is 2.18. The maximum atomic E-state index is 12.8. The molecule has 2 rings (SSSR count). The molecule has 0 heterocycles. The molecule has 0 aliphatic heterocycles. The average molecular weight is 443 g/mol. The average Bonchev–Trinajstić information content (AvgIpc) is 2.83. The molecule has 2 aromatic rings. The van der Waals surface area contributed by atoms with Crippen molar-refractivity contribution in [1.82, 2.24) is 5.32 Å². The Morgan fingerprint density at radius 2 is 1.44 bits per heavy atom. The fourth-order valence-electron chi connectivity index (χ4n) is 2.94. The van der Waals surface area contributed by atoms with Crippen LogP contribution >= 0.6 is 0 Å². The van der Waals surface area contributed by atoms with E-state index in [0.29, 0.717) is 11.3 Å². The molecule has 0 saturated heterocycles. The number of ketones is 1. The predicted molar refractivity (Wildman–Crippen MR) is 113 cm³/mol. The van der Waals surface area contributed by atoms with E-state index >= 15 is 0 Å². The van der Waals surface area contributed by atoms with Crippen molar-refractivity contribution in [3.63, 3.8) is 0 Å². The number of esters is 2. The summed E-state index contributed by atoms with van der Waals surface area (Å²) in [6, 6.07) is 14.0. The van der Waals surface area contributed by atoms with Crippen LogP contribution in [0.5, 0.6) is 5.75 Å². The summed E-state index contributed by atoms with van der Waals surface area (Å²) in [4.78, 5) is 49.7. The van der Waals surface area contributed by atoms with Crippen LogP contribution < -0.4 is 10.1 Å². The van der Waals surface area contributed by atoms with E-state index in [0.717, 1.165) is 19.8 Å². The molecule has 0 fully saturated rings. The Labute approximate surface area is 185 Å². The highest BCUT2D eigenvalue weighted by Gasteiger charge is 2.39. The Morgan fingerprint density at radius 3 is 1.97 bits per heavy atom. The van der Waals surface area contributed by atoms with Crippen LogP contribution in [0.25, 0.3) is 0 Å². The second-order valence-electron chi connectivity index (χ2n) is 6.69. The number of amides is 1. The Bertz CT molecular complexity index is 911. The van der Waals surface area contributed by atoms with Gasteiger partial charge in [0.25, 0.3) is 0 Å². The van der Waals surface area contributed by atoms with Crippen molar-refractivity contribution < 1.29 is 38.1 Å². The Morgan fingerprint density at radius 1 is 0.844 bits per heavy atom. The van der Waals surface area contributed by atoms with E-state index in [4.69, 9.17) is 9.47 Å². The summed E-state index contributed by atoms with van der Waals surface area (Å²) < 4.78 is 19.6. The highest BCUT2D eigenvalue weighted by atomic mass is 16.6. The topological polar surface area (TPSA) is 117 Å². The van der Waals surface area contributed by atoms with Gasteiger partial charge in [0.05, 0.1) is 27.4 Å². The van der Waals surface area contributed by atoms with Gasteiger partial charge in [0, 0.05) is 12.0 Å². The molecule has 1 amide bonds. The fourth-order valence-corrected chi connectivity index (χ4v) is 2.94. The van der Waals surface area contributed by atoms with Gasteiger partial charge in [-0.2, -0.15) is 0 Å². The Kier molecular flexibility index (Phi) is 9.22. The molecule has 1 N–H and O–H groups in total. The monoisotopic (exact) mass is 443 g/mol. The van der Waals surface area contributed by atoms with Gasteiger partial charge in [0.2, 0.25) is 0 Å². The minimum Gasteiger partial charge on any atom is -0.497 e. The number of benzene rings is 2. The molecule has 0 bridgehead atoms. The van der Waals surface area contributed by atoms with Crippen LogP contribution in [-0.4, -0.2) is 51.2 Å². The second-order valence-corrected chi connectivity index (χ2v) is 6.69. The molecule has 0 aliphatic carbocycles. The van der Waals surface area contributed by atoms with Crippen molar-refractivity contribution in [1.29, 1.82) is 0 Å². The maximum Gasteiger partial charge on any atom is 0.407 e. The number of hydrogen-bond donors (Lipinski definition) is 1. The molecular weight excluding hydrogens is 418 g/mol. The van der Waals surface area contributed by atoms with Crippen LogP contribution in [0.4, 0.5) is 4.79 Å². The van der Waals surface area contributed by atoms with Gasteiger partial charge in [-0.15, -0.1) is 0 Å². The van der Waals surface area contributed by atoms with Crippen molar-refractivity contribution >= 4 is 23.8 Å². The van der Waals surface area contributed by atoms with Gasteiger partial charge in [-0.05, 0) is 29.8 Å². The zero-order valence-electron chi connectivity index (χ0n) is 18.0. The molecule has 0 radical (unpaired) electrons. The molecule has 170 valence electrons. The summed E-state index contributed by atoms with van der Waals surface area (Å²) in [5.74, 6) is -3.32. The first-order valence-corrected chi connectivity index (χ1v) is 9.69. The summed E-state index contributed by atoms with van der Waals surface area (Å²) in [5.41, 5.74) is 1.05. The summed E-state index contributed by atoms with van der Waals surface area (Å²) in [6.07, 6.45) is -1.28. The van der Waals surface area contributed by atoms with E-state index in [2.05, 4.69) is 14.8 Å². The number of Topliss-reactive ketones (excluding diaryl/α,β-unsaturated/α-hetero) is 1. The van der Waals surface area contributed by atoms with Crippen molar-refractivity contribution in [2.24, 2.45) is 5.92 Å². The van der Waals surface area contributed by atoms with Gasteiger partial charge in [-0.3, -0.25) is 14.4 Å². The van der Waals surface area contributed by atoms with Crippen molar-refractivity contribution in [2.45, 2.75) is 19.1 Å². The number of alkyl carbamates (subject to hydrolysis) is 1. The summed E-state index contributed by atoms with van der Waals surface area (Å²) in [6.45, 7) is -0.0348. The number of hydrogen-bond acceptors (Lipinski definition) is 8. The minimum absolute atomic E-state index is 0.0348. The molecule has 0 aromatic heterocycles. The zero-order valence-corrected chi connectivity index (χ0v) is 18.0. The van der Waals surface area contributed by atoms with E-state index in [1.165, 1.54) is 19.2 Å². The summed E-state index contributed by atoms with van der Waals surface area (Å²) in [7, 11) is 3.68. The molecule has 2 aromatic carbocycles. The van der Waals surface area contributed by atoms with E-state index < -0.39 is 35.8 Å². The van der Waals surface area contributed by atoms with Gasteiger partial charge >= 0.3 is 18.0 Å². The predicted octanol–water partition coefficient (Wildman–Crippen LogP) is 2.53. The van der Waals surface area contributed by atoms with Crippen molar-refractivity contribution in [2.75, 3.05) is 21.3 Å². The van der Waals surface area contributed by atoms with Gasteiger partial charge in [0.1, 0.15) is 12.4 Å². The lowest BCUT2D eigenvalue weighted by Gasteiger charge is -2.24. The molecular formula is C23H25NO8. The van der Waals surface area contributed by atoms with Crippen molar-refractivity contribution in [3.8, 4) is 5.75 Å². The molecule has 0 aliphatic rings. The largest absolute Gasteiger partial charge is 0.497 e. The fraction of sp³-hybridized carbons (Fsp3) is 0.304. The van der Waals surface area contributed by atoms with E-state index in [-0.39, 0.29) is 13.0 Å². The number of carbonyl (C=O) groups excluding carboxylic acids is 4. The smallest absolute Gasteiger partial charge is 0.407 e. The lowest BCUT2D eigenvalue weighted by Crippen LogP contribution is -2.48. The lowest BCUT2D eigenvalue weighted by atomic mass is 9.93. The van der Waals surface area contributed by atoms with E-state index in [1.807, 2.05) is 6.07 Å². The number of carbonyl (C=O) groups is 4. The summed E-state index contributed by atoms with van der Waals surface area (Å²) >= 11 is 0. The van der Waals surface area contributed by atoms with Crippen LogP contribution in [0, 0.1) is 5.92 Å². The Balaban J connectivity index is 2.20. The third-order valence-electron chi connectivity index (χ3n) is 4.65. The van der Waals surface area contributed by atoms with Gasteiger partial charge in [0.15, 0.2) is 11.7 Å². The second kappa shape index (κ2) is 12.1. The van der Waals surface area contributed by atoms with Crippen LogP contribution in [0.3, 0.4) is 0 Å². The minimum atomic E-state index is -1.56. The summed E-state index contributed by atoms with van der Waals surface area (Å²) in [5, 5.41) is 2.43. The maximum absolute atomic E-state index is 12.8. The van der Waals surface area contributed by atoms with Crippen LogP contribution in [0.15, 0.2) is 54.6 Å². The number of methoxy groups -OCH3 is 3. The quantitative estimate of drug-likeness (QED) is 0.258. The SMILES string of the molecule is COC(=O)C(C(=O)OC)C(CC(=O)c1ccc(OC)cc1)NC(=O)OCc1ccccc1. The van der Waals surface area contributed by atoms with Gasteiger partial charge in [-0.25, -0.2) is 4.79 Å². The van der Waals surface area contributed by atoms with Crippen LogP contribution in [0.2, 0.25) is 0 Å². The number of nitrogens with one attached hydrogen (secondary N) is 1. The first-order chi connectivity index (χ1) is 15.4. The number of rotatable bonds is 10. The van der Waals surface area contributed by atoms with Crippen molar-refractivity contribution in [3.05, 3.63) is 65.7 Å². The first kappa shape index (κ1) is 24.4. The lowest BCUT2D eigenvalue weighted by molar-refractivity contribution is -0.160. The van der Waals surface area contributed by atoms with E-state index in [9.17, 15) is 19.2 Å². The first-order valence-electron chi connectivity index (χ1n) is 9.69. The standard InChI is InChI=1S/C23H25NO8/c1-29-17-11-9-16(10-12-17)19(25)13-18(20(21(26)30-2)22(27)31-3)24-23(28)32-14-15-7-5-4-6-8-15/h4-12,18,20H,13-14H2,1-3H3,(H,24,28). The number of ether oxygens (including phenoxy) is 4.